The zero-order valence-corrected chi connectivity index (χ0v) is 11.6. The molecule has 2 aliphatic rings. The van der Waals surface area contributed by atoms with Gasteiger partial charge in [-0.15, -0.1) is 0 Å². The molecule has 1 aliphatic heterocycles. The normalized spacial score (nSPS) is 17.6. The molecule has 3 rings (SSSR count). The van der Waals surface area contributed by atoms with Gasteiger partial charge in [-0.3, -0.25) is 19.3 Å². The molecule has 98 valence electrons. The Morgan fingerprint density at radius 2 is 2.11 bits per heavy atom. The number of nitrogens with one attached hydrogen (secondary N) is 1. The van der Waals surface area contributed by atoms with Gasteiger partial charge in [0.05, 0.1) is 11.3 Å². The second-order valence-corrected chi connectivity index (χ2v) is 5.64. The SMILES string of the molecule is O=C(CN1C(=O)C(=O)c2cc(Br)ccc21)NC1CC1. The molecule has 1 aromatic carbocycles. The van der Waals surface area contributed by atoms with Crippen molar-refractivity contribution in [2.45, 2.75) is 18.9 Å². The van der Waals surface area contributed by atoms with E-state index in [1.807, 2.05) is 0 Å². The lowest BCUT2D eigenvalue weighted by atomic mass is 10.1. The van der Waals surface area contributed by atoms with Crippen molar-refractivity contribution in [1.82, 2.24) is 5.32 Å². The van der Waals surface area contributed by atoms with E-state index in [1.54, 1.807) is 18.2 Å². The van der Waals surface area contributed by atoms with Crippen LogP contribution in [-0.2, 0) is 9.59 Å². The van der Waals surface area contributed by atoms with Crippen molar-refractivity contribution in [3.8, 4) is 0 Å². The van der Waals surface area contributed by atoms with Crippen LogP contribution in [0.5, 0.6) is 0 Å². The van der Waals surface area contributed by atoms with Gasteiger partial charge in [-0.25, -0.2) is 0 Å². The maximum absolute atomic E-state index is 11.9. The van der Waals surface area contributed by atoms with Gasteiger partial charge in [0.2, 0.25) is 5.91 Å². The summed E-state index contributed by atoms with van der Waals surface area (Å²) in [6, 6.07) is 5.27. The predicted molar refractivity (Wildman–Crippen MR) is 72.0 cm³/mol. The Morgan fingerprint density at radius 3 is 2.79 bits per heavy atom. The van der Waals surface area contributed by atoms with E-state index in [4.69, 9.17) is 0 Å². The lowest BCUT2D eigenvalue weighted by Crippen LogP contribution is -2.40. The number of hydrogen-bond acceptors (Lipinski definition) is 3. The molecule has 2 amide bonds. The third kappa shape index (κ3) is 2.28. The monoisotopic (exact) mass is 322 g/mol. The van der Waals surface area contributed by atoms with Crippen LogP contribution < -0.4 is 10.2 Å². The molecule has 0 saturated heterocycles. The molecule has 0 radical (unpaired) electrons. The van der Waals surface area contributed by atoms with Crippen molar-refractivity contribution < 1.29 is 14.4 Å². The summed E-state index contributed by atoms with van der Waals surface area (Å²) in [6.45, 7) is -0.101. The number of nitrogens with zero attached hydrogens (tertiary/aromatic N) is 1. The highest BCUT2D eigenvalue weighted by atomic mass is 79.9. The number of Topliss-reactive ketones (excluding diaryl/α,β-unsaturated/α-hetero) is 1. The Bertz CT molecular complexity index is 596. The number of amides is 2. The van der Waals surface area contributed by atoms with Crippen LogP contribution in [0.15, 0.2) is 22.7 Å². The second-order valence-electron chi connectivity index (χ2n) is 4.72. The second kappa shape index (κ2) is 4.45. The molecule has 6 heteroatoms. The largest absolute Gasteiger partial charge is 0.352 e. The van der Waals surface area contributed by atoms with Crippen molar-refractivity contribution in [3.05, 3.63) is 28.2 Å². The number of fused-ring (bicyclic) bond motifs is 1. The summed E-state index contributed by atoms with van der Waals surface area (Å²) in [5.41, 5.74) is 0.850. The van der Waals surface area contributed by atoms with Crippen LogP contribution in [0.4, 0.5) is 5.69 Å². The zero-order valence-electron chi connectivity index (χ0n) is 9.98. The molecular formula is C13H11BrN2O3. The van der Waals surface area contributed by atoms with Crippen LogP contribution in [0.2, 0.25) is 0 Å². The summed E-state index contributed by atoms with van der Waals surface area (Å²) >= 11 is 3.26. The first-order valence-corrected chi connectivity index (χ1v) is 6.80. The summed E-state index contributed by atoms with van der Waals surface area (Å²) in [6.07, 6.45) is 1.98. The van der Waals surface area contributed by atoms with Gasteiger partial charge in [-0.2, -0.15) is 0 Å². The van der Waals surface area contributed by atoms with Gasteiger partial charge in [-0.1, -0.05) is 15.9 Å². The standard InChI is InChI=1S/C13H11BrN2O3/c14-7-1-4-10-9(5-7)12(18)13(19)16(10)6-11(17)15-8-2-3-8/h1,4-5,8H,2-3,6H2,(H,15,17). The molecule has 19 heavy (non-hydrogen) atoms. The average Bonchev–Trinajstić information content (AvgIpc) is 3.14. The minimum atomic E-state index is -0.640. The summed E-state index contributed by atoms with van der Waals surface area (Å²) in [7, 11) is 0. The Kier molecular flexibility index (Phi) is 2.89. The van der Waals surface area contributed by atoms with E-state index in [9.17, 15) is 14.4 Å². The van der Waals surface area contributed by atoms with Gasteiger partial charge in [0.15, 0.2) is 0 Å². The van der Waals surface area contributed by atoms with Crippen LogP contribution >= 0.6 is 15.9 Å². The number of carbonyl (C=O) groups excluding carboxylic acids is 3. The molecule has 5 nitrogen and oxygen atoms in total. The van der Waals surface area contributed by atoms with Gasteiger partial charge in [0.25, 0.3) is 11.7 Å². The highest BCUT2D eigenvalue weighted by Gasteiger charge is 2.37. The number of rotatable bonds is 3. The molecule has 0 unspecified atom stereocenters. The van der Waals surface area contributed by atoms with Crippen molar-refractivity contribution >= 4 is 39.2 Å². The maximum Gasteiger partial charge on any atom is 0.299 e. The van der Waals surface area contributed by atoms with Crippen LogP contribution in [0, 0.1) is 0 Å². The molecule has 1 aliphatic carbocycles. The van der Waals surface area contributed by atoms with E-state index in [-0.39, 0.29) is 18.5 Å². The molecular weight excluding hydrogens is 312 g/mol. The Labute approximate surface area is 118 Å². The topological polar surface area (TPSA) is 66.5 Å². The van der Waals surface area contributed by atoms with Gasteiger partial charge >= 0.3 is 0 Å². The molecule has 1 N–H and O–H groups in total. The molecule has 0 atom stereocenters. The lowest BCUT2D eigenvalue weighted by Gasteiger charge is -2.15. The van der Waals surface area contributed by atoms with Crippen molar-refractivity contribution in [2.24, 2.45) is 0 Å². The molecule has 1 heterocycles. The molecule has 0 aromatic heterocycles. The quantitative estimate of drug-likeness (QED) is 0.852. The maximum atomic E-state index is 11.9. The number of halogens is 1. The van der Waals surface area contributed by atoms with E-state index in [2.05, 4.69) is 21.2 Å². The minimum Gasteiger partial charge on any atom is -0.352 e. The fourth-order valence-corrected chi connectivity index (χ4v) is 2.44. The molecule has 0 spiro atoms. The summed E-state index contributed by atoms with van der Waals surface area (Å²) in [5.74, 6) is -1.42. The molecule has 1 saturated carbocycles. The number of ketones is 1. The third-order valence-electron chi connectivity index (χ3n) is 3.18. The lowest BCUT2D eigenvalue weighted by molar-refractivity contribution is -0.122. The average molecular weight is 323 g/mol. The van der Waals surface area contributed by atoms with E-state index >= 15 is 0 Å². The summed E-state index contributed by atoms with van der Waals surface area (Å²) in [5, 5.41) is 2.80. The Balaban J connectivity index is 1.84. The number of hydrogen-bond donors (Lipinski definition) is 1. The van der Waals surface area contributed by atoms with Gasteiger partial charge in [0, 0.05) is 10.5 Å². The number of anilines is 1. The van der Waals surface area contributed by atoms with Crippen LogP contribution in [0.25, 0.3) is 0 Å². The Hall–Kier alpha value is -1.69. The van der Waals surface area contributed by atoms with E-state index < -0.39 is 11.7 Å². The Morgan fingerprint density at radius 1 is 1.37 bits per heavy atom. The van der Waals surface area contributed by atoms with Gasteiger partial charge in [-0.05, 0) is 31.0 Å². The summed E-state index contributed by atoms with van der Waals surface area (Å²) < 4.78 is 0.733. The van der Waals surface area contributed by atoms with E-state index in [1.165, 1.54) is 4.90 Å². The first-order chi connectivity index (χ1) is 9.06. The van der Waals surface area contributed by atoms with Gasteiger partial charge in [0.1, 0.15) is 6.54 Å². The van der Waals surface area contributed by atoms with E-state index in [0.717, 1.165) is 17.3 Å². The predicted octanol–water partition coefficient (Wildman–Crippen LogP) is 1.26. The van der Waals surface area contributed by atoms with Gasteiger partial charge < -0.3 is 5.32 Å². The fraction of sp³-hybridized carbons (Fsp3) is 0.308. The minimum absolute atomic E-state index is 0.101. The van der Waals surface area contributed by atoms with Crippen molar-refractivity contribution in [2.75, 3.05) is 11.4 Å². The third-order valence-corrected chi connectivity index (χ3v) is 3.67. The molecule has 1 aromatic rings. The van der Waals surface area contributed by atoms with Crippen LogP contribution in [-0.4, -0.2) is 30.2 Å². The smallest absolute Gasteiger partial charge is 0.299 e. The molecule has 0 bridgehead atoms. The number of benzene rings is 1. The summed E-state index contributed by atoms with van der Waals surface area (Å²) in [4.78, 5) is 36.7. The number of carbonyl (C=O) groups is 3. The highest BCUT2D eigenvalue weighted by Crippen LogP contribution is 2.31. The molecule has 1 fully saturated rings. The first-order valence-electron chi connectivity index (χ1n) is 6.01. The van der Waals surface area contributed by atoms with Crippen LogP contribution in [0.1, 0.15) is 23.2 Å². The fourth-order valence-electron chi connectivity index (χ4n) is 2.07. The zero-order chi connectivity index (χ0) is 13.6. The van der Waals surface area contributed by atoms with E-state index in [0.29, 0.717) is 11.3 Å². The van der Waals surface area contributed by atoms with Crippen molar-refractivity contribution in [3.63, 3.8) is 0 Å². The van der Waals surface area contributed by atoms with Crippen LogP contribution in [0.3, 0.4) is 0 Å². The van der Waals surface area contributed by atoms with Crippen molar-refractivity contribution in [1.29, 1.82) is 0 Å². The first kappa shape index (κ1) is 12.3. The highest BCUT2D eigenvalue weighted by molar-refractivity contribution is 9.10.